The van der Waals surface area contributed by atoms with Crippen molar-refractivity contribution in [1.82, 2.24) is 20.3 Å². The third-order valence-corrected chi connectivity index (χ3v) is 2.62. The Morgan fingerprint density at radius 3 is 3.12 bits per heavy atom. The van der Waals surface area contributed by atoms with Crippen LogP contribution in [0.3, 0.4) is 0 Å². The van der Waals surface area contributed by atoms with Crippen molar-refractivity contribution in [2.75, 3.05) is 0 Å². The molecule has 0 saturated heterocycles. The van der Waals surface area contributed by atoms with E-state index in [1.54, 1.807) is 6.20 Å². The van der Waals surface area contributed by atoms with Gasteiger partial charge < -0.3 is 11.1 Å². The average molecular weight is 223 g/mol. The van der Waals surface area contributed by atoms with Crippen LogP contribution in [0.25, 0.3) is 0 Å². The number of nitrogens with one attached hydrogen (secondary N) is 1. The molecule has 1 aromatic heterocycles. The molecule has 2 rings (SSSR count). The monoisotopic (exact) mass is 223 g/mol. The molecule has 0 aromatic carbocycles. The lowest BCUT2D eigenvalue weighted by atomic mass is 10.2. The van der Waals surface area contributed by atoms with Crippen molar-refractivity contribution in [1.29, 1.82) is 0 Å². The van der Waals surface area contributed by atoms with Gasteiger partial charge in [0.25, 0.3) is 0 Å². The van der Waals surface area contributed by atoms with E-state index in [0.29, 0.717) is 6.04 Å². The normalized spacial score (nSPS) is 17.1. The lowest BCUT2D eigenvalue weighted by Crippen LogP contribution is -2.29. The van der Waals surface area contributed by atoms with Crippen molar-refractivity contribution in [3.8, 4) is 0 Å². The van der Waals surface area contributed by atoms with Gasteiger partial charge in [-0.05, 0) is 19.3 Å². The minimum Gasteiger partial charge on any atom is -0.352 e. The van der Waals surface area contributed by atoms with Crippen LogP contribution in [0.5, 0.6) is 0 Å². The van der Waals surface area contributed by atoms with Crippen LogP contribution in [-0.4, -0.2) is 26.9 Å². The molecule has 1 amide bonds. The molecule has 1 unspecified atom stereocenters. The van der Waals surface area contributed by atoms with E-state index in [1.165, 1.54) is 4.68 Å². The summed E-state index contributed by atoms with van der Waals surface area (Å²) in [7, 11) is 0. The van der Waals surface area contributed by atoms with Crippen molar-refractivity contribution in [2.24, 2.45) is 5.73 Å². The topological polar surface area (TPSA) is 85.8 Å². The Morgan fingerprint density at radius 2 is 2.50 bits per heavy atom. The zero-order chi connectivity index (χ0) is 11.5. The average Bonchev–Trinajstić information content (AvgIpc) is 2.94. The van der Waals surface area contributed by atoms with E-state index >= 15 is 0 Å². The van der Waals surface area contributed by atoms with E-state index in [1.807, 2.05) is 6.92 Å². The first-order valence-electron chi connectivity index (χ1n) is 5.64. The van der Waals surface area contributed by atoms with Gasteiger partial charge in [-0.3, -0.25) is 4.79 Å². The highest BCUT2D eigenvalue weighted by Gasteiger charge is 2.23. The van der Waals surface area contributed by atoms with Gasteiger partial charge in [0.2, 0.25) is 5.91 Å². The molecule has 1 fully saturated rings. The van der Waals surface area contributed by atoms with Crippen molar-refractivity contribution in [3.63, 3.8) is 0 Å². The number of carbonyl (C=O) groups is 1. The summed E-state index contributed by atoms with van der Waals surface area (Å²) in [5.74, 6) is -0.0102. The summed E-state index contributed by atoms with van der Waals surface area (Å²) in [5.41, 5.74) is 6.55. The zero-order valence-electron chi connectivity index (χ0n) is 9.39. The van der Waals surface area contributed by atoms with E-state index in [0.717, 1.165) is 25.0 Å². The molecule has 0 radical (unpaired) electrons. The number of amides is 1. The first-order valence-corrected chi connectivity index (χ1v) is 5.64. The molecule has 3 N–H and O–H groups in total. The van der Waals surface area contributed by atoms with Crippen LogP contribution < -0.4 is 11.1 Å². The van der Waals surface area contributed by atoms with Crippen LogP contribution in [0.15, 0.2) is 6.20 Å². The van der Waals surface area contributed by atoms with Crippen molar-refractivity contribution >= 4 is 5.91 Å². The SMILES string of the molecule is CCC(N)c1cn(CC(=O)NC2CC2)nn1. The second-order valence-electron chi connectivity index (χ2n) is 4.20. The van der Waals surface area contributed by atoms with Gasteiger partial charge in [0.15, 0.2) is 0 Å². The fraction of sp³-hybridized carbons (Fsp3) is 0.700. The summed E-state index contributed by atoms with van der Waals surface area (Å²) in [5, 5.41) is 10.7. The fourth-order valence-electron chi connectivity index (χ4n) is 1.42. The molecule has 1 aromatic rings. The first kappa shape index (κ1) is 11.1. The number of nitrogens with zero attached hydrogens (tertiary/aromatic N) is 3. The number of aromatic nitrogens is 3. The number of nitrogens with two attached hydrogens (primary N) is 1. The minimum absolute atomic E-state index is 0.0102. The highest BCUT2D eigenvalue weighted by atomic mass is 16.2. The van der Waals surface area contributed by atoms with Crippen LogP contribution in [0, 0.1) is 0 Å². The highest BCUT2D eigenvalue weighted by molar-refractivity contribution is 5.76. The Balaban J connectivity index is 1.88. The number of hydrogen-bond acceptors (Lipinski definition) is 4. The Morgan fingerprint density at radius 1 is 1.75 bits per heavy atom. The third-order valence-electron chi connectivity index (χ3n) is 2.62. The predicted octanol–water partition coefficient (Wildman–Crippen LogP) is -0.0335. The van der Waals surface area contributed by atoms with E-state index in [-0.39, 0.29) is 18.5 Å². The maximum Gasteiger partial charge on any atom is 0.242 e. The molecular formula is C10H17N5O. The Hall–Kier alpha value is -1.43. The molecule has 1 saturated carbocycles. The summed E-state index contributed by atoms with van der Waals surface area (Å²) < 4.78 is 1.53. The first-order chi connectivity index (χ1) is 7.69. The van der Waals surface area contributed by atoms with Crippen LogP contribution in [0.1, 0.15) is 37.9 Å². The molecule has 0 spiro atoms. The molecule has 6 heteroatoms. The molecule has 16 heavy (non-hydrogen) atoms. The van der Waals surface area contributed by atoms with E-state index in [4.69, 9.17) is 5.73 Å². The lowest BCUT2D eigenvalue weighted by Gasteiger charge is -2.03. The van der Waals surface area contributed by atoms with Gasteiger partial charge in [-0.25, -0.2) is 4.68 Å². The predicted molar refractivity (Wildman–Crippen MR) is 58.4 cm³/mol. The maximum absolute atomic E-state index is 11.5. The van der Waals surface area contributed by atoms with Crippen molar-refractivity contribution < 1.29 is 4.79 Å². The summed E-state index contributed by atoms with van der Waals surface area (Å²) in [4.78, 5) is 11.5. The van der Waals surface area contributed by atoms with Gasteiger partial charge in [-0.1, -0.05) is 12.1 Å². The lowest BCUT2D eigenvalue weighted by molar-refractivity contribution is -0.122. The quantitative estimate of drug-likeness (QED) is 0.733. The van der Waals surface area contributed by atoms with Gasteiger partial charge >= 0.3 is 0 Å². The van der Waals surface area contributed by atoms with E-state index in [2.05, 4.69) is 15.6 Å². The standard InChI is InChI=1S/C10H17N5O/c1-2-8(11)9-5-15(14-13-9)6-10(16)12-7-3-4-7/h5,7-8H,2-4,6,11H2,1H3,(H,12,16). The van der Waals surface area contributed by atoms with Crippen LogP contribution in [-0.2, 0) is 11.3 Å². The second kappa shape index (κ2) is 4.61. The summed E-state index contributed by atoms with van der Waals surface area (Å²) in [6, 6.07) is 0.286. The minimum atomic E-state index is -0.0970. The Kier molecular flexibility index (Phi) is 3.19. The van der Waals surface area contributed by atoms with Crippen molar-refractivity contribution in [3.05, 3.63) is 11.9 Å². The third kappa shape index (κ3) is 2.79. The van der Waals surface area contributed by atoms with Gasteiger partial charge in [0, 0.05) is 6.04 Å². The second-order valence-corrected chi connectivity index (χ2v) is 4.20. The number of hydrogen-bond donors (Lipinski definition) is 2. The molecule has 6 nitrogen and oxygen atoms in total. The molecule has 0 bridgehead atoms. The van der Waals surface area contributed by atoms with Gasteiger partial charge in [0.05, 0.1) is 17.9 Å². The zero-order valence-corrected chi connectivity index (χ0v) is 9.39. The molecule has 1 aliphatic rings. The maximum atomic E-state index is 11.5. The summed E-state index contributed by atoms with van der Waals surface area (Å²) in [6.45, 7) is 2.21. The molecule has 88 valence electrons. The Bertz CT molecular complexity index is 371. The highest BCUT2D eigenvalue weighted by Crippen LogP contribution is 2.18. The van der Waals surface area contributed by atoms with Crippen LogP contribution >= 0.6 is 0 Å². The van der Waals surface area contributed by atoms with Gasteiger partial charge in [-0.2, -0.15) is 0 Å². The number of carbonyl (C=O) groups excluding carboxylic acids is 1. The molecule has 1 aliphatic carbocycles. The summed E-state index contributed by atoms with van der Waals surface area (Å²) >= 11 is 0. The summed E-state index contributed by atoms with van der Waals surface area (Å²) in [6.07, 6.45) is 4.73. The van der Waals surface area contributed by atoms with Crippen molar-refractivity contribution in [2.45, 2.75) is 44.8 Å². The molecular weight excluding hydrogens is 206 g/mol. The van der Waals surface area contributed by atoms with E-state index < -0.39 is 0 Å². The molecule has 0 aliphatic heterocycles. The molecule has 1 heterocycles. The Labute approximate surface area is 94.2 Å². The largest absolute Gasteiger partial charge is 0.352 e. The van der Waals surface area contributed by atoms with Gasteiger partial charge in [0.1, 0.15) is 6.54 Å². The van der Waals surface area contributed by atoms with Crippen LogP contribution in [0.4, 0.5) is 0 Å². The fourth-order valence-corrected chi connectivity index (χ4v) is 1.42. The smallest absolute Gasteiger partial charge is 0.242 e. The van der Waals surface area contributed by atoms with E-state index in [9.17, 15) is 4.79 Å². The van der Waals surface area contributed by atoms with Gasteiger partial charge in [-0.15, -0.1) is 5.10 Å². The molecule has 1 atom stereocenters. The number of rotatable bonds is 5. The van der Waals surface area contributed by atoms with Crippen LogP contribution in [0.2, 0.25) is 0 Å².